The summed E-state index contributed by atoms with van der Waals surface area (Å²) in [4.78, 5) is 0. The summed E-state index contributed by atoms with van der Waals surface area (Å²) >= 11 is 0. The number of ether oxygens (including phenoxy) is 2. The lowest BCUT2D eigenvalue weighted by molar-refractivity contribution is 0.0333. The Bertz CT molecular complexity index is 325. The van der Waals surface area contributed by atoms with Crippen LogP contribution in [0.25, 0.3) is 0 Å². The molecule has 1 rings (SSSR count). The molecule has 1 N–H and O–H groups in total. The molecule has 0 aliphatic rings. The van der Waals surface area contributed by atoms with Crippen molar-refractivity contribution >= 4 is 0 Å². The van der Waals surface area contributed by atoms with Gasteiger partial charge in [0.25, 0.3) is 0 Å². The fourth-order valence-electron chi connectivity index (χ4n) is 1.86. The van der Waals surface area contributed by atoms with Crippen LogP contribution in [0.1, 0.15) is 44.3 Å². The second kappa shape index (κ2) is 8.95. The molecule has 0 bridgehead atoms. The second-order valence-corrected chi connectivity index (χ2v) is 4.39. The first kappa shape index (κ1) is 15.0. The summed E-state index contributed by atoms with van der Waals surface area (Å²) in [5.74, 6) is 0.708. The van der Waals surface area contributed by atoms with E-state index >= 15 is 0 Å². The number of unbranched alkanes of at least 4 members (excludes halogenated alkanes) is 3. The first-order valence-corrected chi connectivity index (χ1v) is 6.68. The van der Waals surface area contributed by atoms with Crippen LogP contribution >= 0.6 is 0 Å². The van der Waals surface area contributed by atoms with Crippen LogP contribution in [0.15, 0.2) is 24.3 Å². The zero-order valence-corrected chi connectivity index (χ0v) is 11.4. The van der Waals surface area contributed by atoms with E-state index in [-0.39, 0.29) is 0 Å². The van der Waals surface area contributed by atoms with Crippen LogP contribution in [-0.2, 0) is 4.74 Å². The van der Waals surface area contributed by atoms with Crippen LogP contribution in [0.5, 0.6) is 5.75 Å². The maximum Gasteiger partial charge on any atom is 0.124 e. The minimum atomic E-state index is -0.618. The third kappa shape index (κ3) is 5.07. The van der Waals surface area contributed by atoms with Crippen LogP contribution < -0.4 is 4.74 Å². The van der Waals surface area contributed by atoms with Gasteiger partial charge in [-0.05, 0) is 12.5 Å². The van der Waals surface area contributed by atoms with E-state index < -0.39 is 6.10 Å². The van der Waals surface area contributed by atoms with Crippen molar-refractivity contribution in [3.05, 3.63) is 29.8 Å². The van der Waals surface area contributed by atoms with Crippen molar-refractivity contribution in [2.24, 2.45) is 0 Å². The number of rotatable bonds is 9. The normalized spacial score (nSPS) is 12.4. The van der Waals surface area contributed by atoms with Crippen LogP contribution in [-0.4, -0.2) is 25.4 Å². The van der Waals surface area contributed by atoms with Crippen molar-refractivity contribution in [3.63, 3.8) is 0 Å². The number of aliphatic hydroxyl groups is 1. The molecule has 0 saturated heterocycles. The van der Waals surface area contributed by atoms with Crippen molar-refractivity contribution in [1.29, 1.82) is 0 Å². The van der Waals surface area contributed by atoms with Crippen molar-refractivity contribution < 1.29 is 14.6 Å². The van der Waals surface area contributed by atoms with Gasteiger partial charge < -0.3 is 14.6 Å². The van der Waals surface area contributed by atoms with Gasteiger partial charge in [0.2, 0.25) is 0 Å². The molecule has 0 saturated carbocycles. The van der Waals surface area contributed by atoms with Crippen LogP contribution in [0, 0.1) is 0 Å². The first-order valence-electron chi connectivity index (χ1n) is 6.68. The molecule has 0 aromatic heterocycles. The van der Waals surface area contributed by atoms with Gasteiger partial charge in [-0.3, -0.25) is 0 Å². The lowest BCUT2D eigenvalue weighted by Gasteiger charge is -2.14. The molecule has 18 heavy (non-hydrogen) atoms. The number of aliphatic hydroxyl groups excluding tert-OH is 1. The SMILES string of the molecule is CCCCCCOCC(O)c1ccccc1OC. The predicted molar refractivity (Wildman–Crippen MR) is 72.9 cm³/mol. The molecule has 0 fully saturated rings. The van der Waals surface area contributed by atoms with Crippen molar-refractivity contribution in [3.8, 4) is 5.75 Å². The molecule has 0 aliphatic carbocycles. The number of hydrogen-bond acceptors (Lipinski definition) is 3. The highest BCUT2D eigenvalue weighted by Gasteiger charge is 2.12. The Morgan fingerprint density at radius 2 is 1.94 bits per heavy atom. The minimum absolute atomic E-state index is 0.326. The highest BCUT2D eigenvalue weighted by Crippen LogP contribution is 2.24. The lowest BCUT2D eigenvalue weighted by Crippen LogP contribution is -2.09. The van der Waals surface area contributed by atoms with E-state index in [1.54, 1.807) is 7.11 Å². The Hall–Kier alpha value is -1.06. The Morgan fingerprint density at radius 3 is 2.67 bits per heavy atom. The number of methoxy groups -OCH3 is 1. The molecule has 0 aliphatic heterocycles. The fraction of sp³-hybridized carbons (Fsp3) is 0.600. The van der Waals surface area contributed by atoms with Crippen molar-refractivity contribution in [2.75, 3.05) is 20.3 Å². The number of hydrogen-bond donors (Lipinski definition) is 1. The number of para-hydroxylation sites is 1. The highest BCUT2D eigenvalue weighted by atomic mass is 16.5. The van der Waals surface area contributed by atoms with Gasteiger partial charge in [0.05, 0.1) is 13.7 Å². The topological polar surface area (TPSA) is 38.7 Å². The lowest BCUT2D eigenvalue weighted by atomic mass is 10.1. The molecule has 0 amide bonds. The Morgan fingerprint density at radius 1 is 1.17 bits per heavy atom. The maximum atomic E-state index is 10.0. The molecule has 3 nitrogen and oxygen atoms in total. The van der Waals surface area contributed by atoms with E-state index in [9.17, 15) is 5.11 Å². The molecule has 3 heteroatoms. The van der Waals surface area contributed by atoms with Gasteiger partial charge in [0.1, 0.15) is 11.9 Å². The number of benzene rings is 1. The molecule has 1 aromatic rings. The molecule has 0 radical (unpaired) electrons. The van der Waals surface area contributed by atoms with E-state index in [0.29, 0.717) is 19.0 Å². The molecular weight excluding hydrogens is 228 g/mol. The van der Waals surface area contributed by atoms with Gasteiger partial charge in [0.15, 0.2) is 0 Å². The molecule has 1 aromatic carbocycles. The molecular formula is C15H24O3. The van der Waals surface area contributed by atoms with Gasteiger partial charge in [-0.25, -0.2) is 0 Å². The monoisotopic (exact) mass is 252 g/mol. The molecule has 0 spiro atoms. The summed E-state index contributed by atoms with van der Waals surface area (Å²) in [6, 6.07) is 7.49. The third-order valence-corrected chi connectivity index (χ3v) is 2.92. The van der Waals surface area contributed by atoms with Crippen molar-refractivity contribution in [2.45, 2.75) is 38.7 Å². The van der Waals surface area contributed by atoms with E-state index in [2.05, 4.69) is 6.92 Å². The maximum absolute atomic E-state index is 10.0. The quantitative estimate of drug-likeness (QED) is 0.685. The average Bonchev–Trinajstić information content (AvgIpc) is 2.42. The van der Waals surface area contributed by atoms with Crippen molar-refractivity contribution in [1.82, 2.24) is 0 Å². The van der Waals surface area contributed by atoms with E-state index in [1.165, 1.54) is 19.3 Å². The highest BCUT2D eigenvalue weighted by molar-refractivity contribution is 5.34. The Labute approximate surface area is 110 Å². The van der Waals surface area contributed by atoms with E-state index in [1.807, 2.05) is 24.3 Å². The second-order valence-electron chi connectivity index (χ2n) is 4.39. The largest absolute Gasteiger partial charge is 0.496 e. The molecule has 102 valence electrons. The Balaban J connectivity index is 2.29. The van der Waals surface area contributed by atoms with Crippen LogP contribution in [0.2, 0.25) is 0 Å². The van der Waals surface area contributed by atoms with E-state index in [4.69, 9.17) is 9.47 Å². The first-order chi connectivity index (χ1) is 8.79. The summed E-state index contributed by atoms with van der Waals surface area (Å²) in [7, 11) is 1.61. The van der Waals surface area contributed by atoms with Gasteiger partial charge >= 0.3 is 0 Å². The zero-order valence-electron chi connectivity index (χ0n) is 11.4. The standard InChI is InChI=1S/C15H24O3/c1-3-4-5-8-11-18-12-14(16)13-9-6-7-10-15(13)17-2/h6-7,9-10,14,16H,3-5,8,11-12H2,1-2H3. The summed E-state index contributed by atoms with van der Waals surface area (Å²) in [6.45, 7) is 3.23. The van der Waals surface area contributed by atoms with Gasteiger partial charge in [-0.1, -0.05) is 44.4 Å². The smallest absolute Gasteiger partial charge is 0.124 e. The summed E-state index contributed by atoms with van der Waals surface area (Å²) < 4.78 is 10.7. The molecule has 0 heterocycles. The Kier molecular flexibility index (Phi) is 7.46. The molecule has 1 atom stereocenters. The van der Waals surface area contributed by atoms with Crippen LogP contribution in [0.4, 0.5) is 0 Å². The molecule has 1 unspecified atom stereocenters. The predicted octanol–water partition coefficient (Wildman–Crippen LogP) is 3.33. The average molecular weight is 252 g/mol. The third-order valence-electron chi connectivity index (χ3n) is 2.92. The summed E-state index contributed by atoms with van der Waals surface area (Å²) in [6.07, 6.45) is 4.11. The van der Waals surface area contributed by atoms with Crippen LogP contribution in [0.3, 0.4) is 0 Å². The van der Waals surface area contributed by atoms with E-state index in [0.717, 1.165) is 12.0 Å². The minimum Gasteiger partial charge on any atom is -0.496 e. The summed E-state index contributed by atoms with van der Waals surface area (Å²) in [5, 5.41) is 10.0. The summed E-state index contributed by atoms with van der Waals surface area (Å²) in [5.41, 5.74) is 0.786. The van der Waals surface area contributed by atoms with Gasteiger partial charge in [-0.2, -0.15) is 0 Å². The van der Waals surface area contributed by atoms with Gasteiger partial charge in [-0.15, -0.1) is 0 Å². The fourth-order valence-corrected chi connectivity index (χ4v) is 1.86. The zero-order chi connectivity index (χ0) is 13.2. The van der Waals surface area contributed by atoms with Gasteiger partial charge in [0, 0.05) is 12.2 Å².